The monoisotopic (exact) mass is 261 g/mol. The molecule has 0 bridgehead atoms. The minimum atomic E-state index is -3.87. The van der Waals surface area contributed by atoms with Gasteiger partial charge in [0.05, 0.1) is 6.33 Å². The van der Waals surface area contributed by atoms with Crippen LogP contribution in [-0.2, 0) is 21.4 Å². The predicted octanol–water partition coefficient (Wildman–Crippen LogP) is 0.0445. The molecule has 0 radical (unpaired) electrons. The van der Waals surface area contributed by atoms with E-state index < -0.39 is 22.0 Å². The second-order valence-electron chi connectivity index (χ2n) is 3.46. The number of sulfonamides is 1. The summed E-state index contributed by atoms with van der Waals surface area (Å²) in [5.41, 5.74) is 0. The van der Waals surface area contributed by atoms with E-state index in [1.807, 2.05) is 6.92 Å². The van der Waals surface area contributed by atoms with Crippen LogP contribution in [0.1, 0.15) is 20.3 Å². The van der Waals surface area contributed by atoms with E-state index in [1.165, 1.54) is 12.5 Å². The topological polar surface area (TPSA) is 101 Å². The lowest BCUT2D eigenvalue weighted by molar-refractivity contribution is -0.139. The molecule has 1 aromatic heterocycles. The molecule has 8 heteroatoms. The van der Waals surface area contributed by atoms with E-state index >= 15 is 0 Å². The van der Waals surface area contributed by atoms with Gasteiger partial charge in [-0.3, -0.25) is 4.79 Å². The van der Waals surface area contributed by atoms with Crippen LogP contribution in [-0.4, -0.2) is 35.1 Å². The quantitative estimate of drug-likeness (QED) is 0.753. The highest BCUT2D eigenvalue weighted by molar-refractivity contribution is 7.89. The number of rotatable bonds is 6. The van der Waals surface area contributed by atoms with Crippen molar-refractivity contribution in [2.75, 3.05) is 0 Å². The van der Waals surface area contributed by atoms with Gasteiger partial charge in [-0.1, -0.05) is 6.92 Å². The zero-order chi connectivity index (χ0) is 13.1. The van der Waals surface area contributed by atoms with Crippen LogP contribution >= 0.6 is 0 Å². The Balaban J connectivity index is 2.91. The van der Waals surface area contributed by atoms with Crippen molar-refractivity contribution >= 4 is 16.0 Å². The number of hydrogen-bond acceptors (Lipinski definition) is 4. The number of aliphatic carboxylic acids is 1. The summed E-state index contributed by atoms with van der Waals surface area (Å²) in [4.78, 5) is 14.5. The maximum Gasteiger partial charge on any atom is 0.321 e. The molecule has 0 unspecified atom stereocenters. The number of aryl methyl sites for hydroxylation is 1. The predicted molar refractivity (Wildman–Crippen MR) is 59.9 cm³/mol. The van der Waals surface area contributed by atoms with Crippen molar-refractivity contribution in [1.82, 2.24) is 14.3 Å². The molecule has 96 valence electrons. The van der Waals surface area contributed by atoms with Crippen LogP contribution in [0.3, 0.4) is 0 Å². The fraction of sp³-hybridized carbons (Fsp3) is 0.556. The third-order valence-electron chi connectivity index (χ3n) is 2.25. The second kappa shape index (κ2) is 5.28. The van der Waals surface area contributed by atoms with Crippen LogP contribution in [0.4, 0.5) is 0 Å². The van der Waals surface area contributed by atoms with Crippen LogP contribution in [0, 0.1) is 0 Å². The summed E-state index contributed by atoms with van der Waals surface area (Å²) in [7, 11) is -3.87. The molecule has 0 aliphatic heterocycles. The van der Waals surface area contributed by atoms with Crippen molar-refractivity contribution in [3.63, 3.8) is 0 Å². The summed E-state index contributed by atoms with van der Waals surface area (Å²) in [6.07, 6.45) is 2.91. The molecular weight excluding hydrogens is 246 g/mol. The second-order valence-corrected chi connectivity index (χ2v) is 5.12. The Hall–Kier alpha value is -1.41. The minimum absolute atomic E-state index is 0.168. The molecule has 1 atom stereocenters. The lowest BCUT2D eigenvalue weighted by Gasteiger charge is -2.10. The minimum Gasteiger partial charge on any atom is -0.480 e. The van der Waals surface area contributed by atoms with E-state index in [1.54, 1.807) is 11.5 Å². The lowest BCUT2D eigenvalue weighted by Crippen LogP contribution is -2.40. The van der Waals surface area contributed by atoms with Gasteiger partial charge in [-0.15, -0.1) is 0 Å². The Labute approximate surface area is 99.5 Å². The van der Waals surface area contributed by atoms with Gasteiger partial charge in [0.2, 0.25) is 0 Å². The molecule has 0 aromatic carbocycles. The van der Waals surface area contributed by atoms with Crippen LogP contribution in [0.25, 0.3) is 0 Å². The highest BCUT2D eigenvalue weighted by Crippen LogP contribution is 2.07. The highest BCUT2D eigenvalue weighted by atomic mass is 32.2. The average molecular weight is 261 g/mol. The average Bonchev–Trinajstić information content (AvgIpc) is 2.74. The third kappa shape index (κ3) is 3.27. The van der Waals surface area contributed by atoms with Gasteiger partial charge in [0.1, 0.15) is 6.04 Å². The Morgan fingerprint density at radius 2 is 2.24 bits per heavy atom. The number of aromatic nitrogens is 2. The normalized spacial score (nSPS) is 13.5. The molecule has 0 saturated carbocycles. The molecule has 0 aliphatic carbocycles. The van der Waals surface area contributed by atoms with E-state index in [2.05, 4.69) is 9.71 Å². The van der Waals surface area contributed by atoms with Crippen LogP contribution in [0.15, 0.2) is 17.6 Å². The smallest absolute Gasteiger partial charge is 0.321 e. The van der Waals surface area contributed by atoms with Crippen molar-refractivity contribution in [2.45, 2.75) is 37.9 Å². The Morgan fingerprint density at radius 1 is 1.59 bits per heavy atom. The lowest BCUT2D eigenvalue weighted by atomic mass is 10.2. The SMILES string of the molecule is CC[C@@H](NS(=O)(=O)c1cn(CC)cn1)C(=O)O. The van der Waals surface area contributed by atoms with E-state index in [0.717, 1.165) is 0 Å². The summed E-state index contributed by atoms with van der Waals surface area (Å²) in [5.74, 6) is -1.20. The van der Waals surface area contributed by atoms with Crippen molar-refractivity contribution in [3.05, 3.63) is 12.5 Å². The molecule has 0 aliphatic rings. The zero-order valence-electron chi connectivity index (χ0n) is 9.62. The van der Waals surface area contributed by atoms with E-state index in [9.17, 15) is 13.2 Å². The Bertz CT molecular complexity index is 494. The summed E-state index contributed by atoms with van der Waals surface area (Å²) in [6.45, 7) is 4.03. The molecule has 1 rings (SSSR count). The molecule has 1 aromatic rings. The molecule has 0 fully saturated rings. The number of nitrogens with one attached hydrogen (secondary N) is 1. The fourth-order valence-electron chi connectivity index (χ4n) is 1.21. The van der Waals surface area contributed by atoms with Gasteiger partial charge in [0, 0.05) is 12.7 Å². The number of hydrogen-bond donors (Lipinski definition) is 2. The first-order chi connectivity index (χ1) is 7.90. The van der Waals surface area contributed by atoms with Crippen molar-refractivity contribution in [3.8, 4) is 0 Å². The molecule has 2 N–H and O–H groups in total. The Morgan fingerprint density at radius 3 is 2.65 bits per heavy atom. The van der Waals surface area contributed by atoms with E-state index in [0.29, 0.717) is 6.54 Å². The molecule has 1 heterocycles. The van der Waals surface area contributed by atoms with Crippen molar-refractivity contribution in [1.29, 1.82) is 0 Å². The van der Waals surface area contributed by atoms with E-state index in [-0.39, 0.29) is 11.4 Å². The first kappa shape index (κ1) is 13.7. The first-order valence-electron chi connectivity index (χ1n) is 5.17. The number of carbonyl (C=O) groups is 1. The van der Waals surface area contributed by atoms with Gasteiger partial charge in [0.15, 0.2) is 5.03 Å². The standard InChI is InChI=1S/C9H15N3O4S/c1-3-7(9(13)14)11-17(15,16)8-5-12(4-2)6-10-8/h5-7,11H,3-4H2,1-2H3,(H,13,14)/t7-/m1/s1. The summed E-state index contributed by atoms with van der Waals surface area (Å²) in [5, 5.41) is 8.61. The summed E-state index contributed by atoms with van der Waals surface area (Å²) in [6, 6.07) is -1.13. The van der Waals surface area contributed by atoms with Gasteiger partial charge in [-0.05, 0) is 13.3 Å². The van der Waals surface area contributed by atoms with E-state index in [4.69, 9.17) is 5.11 Å². The van der Waals surface area contributed by atoms with Gasteiger partial charge in [0.25, 0.3) is 10.0 Å². The van der Waals surface area contributed by atoms with Crippen molar-refractivity contribution in [2.24, 2.45) is 0 Å². The van der Waals surface area contributed by atoms with Crippen molar-refractivity contribution < 1.29 is 18.3 Å². The molecular formula is C9H15N3O4S. The number of carboxylic acids is 1. The number of imidazole rings is 1. The largest absolute Gasteiger partial charge is 0.480 e. The van der Waals surface area contributed by atoms with Crippen LogP contribution < -0.4 is 4.72 Å². The maximum atomic E-state index is 11.8. The zero-order valence-corrected chi connectivity index (χ0v) is 10.4. The molecule has 17 heavy (non-hydrogen) atoms. The molecule has 0 saturated heterocycles. The van der Waals surface area contributed by atoms with Crippen LogP contribution in [0.5, 0.6) is 0 Å². The number of nitrogens with zero attached hydrogens (tertiary/aromatic N) is 2. The maximum absolute atomic E-state index is 11.8. The fourth-order valence-corrected chi connectivity index (χ4v) is 2.43. The molecule has 0 amide bonds. The van der Waals surface area contributed by atoms with Gasteiger partial charge < -0.3 is 9.67 Å². The first-order valence-corrected chi connectivity index (χ1v) is 6.66. The highest BCUT2D eigenvalue weighted by Gasteiger charge is 2.25. The summed E-state index contributed by atoms with van der Waals surface area (Å²) < 4.78 is 27.3. The third-order valence-corrected chi connectivity index (χ3v) is 3.61. The van der Waals surface area contributed by atoms with Gasteiger partial charge in [-0.2, -0.15) is 4.72 Å². The van der Waals surface area contributed by atoms with Gasteiger partial charge >= 0.3 is 5.97 Å². The summed E-state index contributed by atoms with van der Waals surface area (Å²) >= 11 is 0. The molecule has 7 nitrogen and oxygen atoms in total. The Kier molecular flexibility index (Phi) is 4.24. The number of carboxylic acid groups (broad SMARTS) is 1. The molecule has 0 spiro atoms. The van der Waals surface area contributed by atoms with Gasteiger partial charge in [-0.25, -0.2) is 13.4 Å². The van der Waals surface area contributed by atoms with Crippen LogP contribution in [0.2, 0.25) is 0 Å².